The fourth-order valence-corrected chi connectivity index (χ4v) is 3.57. The van der Waals surface area contributed by atoms with Crippen LogP contribution in [0.15, 0.2) is 48.5 Å². The normalized spacial score (nSPS) is 17.7. The highest BCUT2D eigenvalue weighted by molar-refractivity contribution is 5.82. The summed E-state index contributed by atoms with van der Waals surface area (Å²) in [5.74, 6) is -2.45. The Bertz CT molecular complexity index is 877. The van der Waals surface area contributed by atoms with E-state index in [1.165, 1.54) is 17.0 Å². The average molecular weight is 391 g/mol. The molecule has 0 saturated carbocycles. The first-order valence-electron chi connectivity index (χ1n) is 8.92. The molecule has 148 valence electrons. The van der Waals surface area contributed by atoms with Crippen LogP contribution in [0.5, 0.6) is 0 Å². The summed E-state index contributed by atoms with van der Waals surface area (Å²) in [6.07, 6.45) is -4.11. The van der Waals surface area contributed by atoms with Crippen molar-refractivity contribution in [1.82, 2.24) is 4.90 Å². The molecule has 4 nitrogen and oxygen atoms in total. The quantitative estimate of drug-likeness (QED) is 0.854. The summed E-state index contributed by atoms with van der Waals surface area (Å²) in [5.41, 5.74) is 1.42. The second kappa shape index (κ2) is 7.66. The zero-order chi connectivity index (χ0) is 20.5. The summed E-state index contributed by atoms with van der Waals surface area (Å²) in [4.78, 5) is 26.0. The molecule has 0 aromatic heterocycles. The Morgan fingerprint density at radius 2 is 1.79 bits per heavy atom. The van der Waals surface area contributed by atoms with E-state index < -0.39 is 29.5 Å². The Hall–Kier alpha value is -2.83. The minimum absolute atomic E-state index is 0.0858. The molecule has 0 fully saturated rings. The Labute approximate surface area is 160 Å². The maximum atomic E-state index is 12.9. The summed E-state index contributed by atoms with van der Waals surface area (Å²) < 4.78 is 38.0. The van der Waals surface area contributed by atoms with Crippen LogP contribution in [-0.2, 0) is 28.7 Å². The number of amides is 1. The molecule has 0 saturated heterocycles. The summed E-state index contributed by atoms with van der Waals surface area (Å²) in [6.45, 7) is 2.12. The molecular weight excluding hydrogens is 371 g/mol. The molecule has 3 rings (SSSR count). The van der Waals surface area contributed by atoms with Gasteiger partial charge in [-0.1, -0.05) is 43.3 Å². The van der Waals surface area contributed by atoms with Gasteiger partial charge < -0.3 is 10.0 Å². The lowest BCUT2D eigenvalue weighted by Crippen LogP contribution is -2.43. The number of alkyl halides is 3. The Balaban J connectivity index is 1.72. The van der Waals surface area contributed by atoms with Crippen molar-refractivity contribution < 1.29 is 27.9 Å². The van der Waals surface area contributed by atoms with Gasteiger partial charge in [0, 0.05) is 19.0 Å². The van der Waals surface area contributed by atoms with E-state index in [-0.39, 0.29) is 18.9 Å². The topological polar surface area (TPSA) is 57.6 Å². The van der Waals surface area contributed by atoms with Gasteiger partial charge in [0.05, 0.1) is 11.5 Å². The van der Waals surface area contributed by atoms with E-state index in [4.69, 9.17) is 0 Å². The van der Waals surface area contributed by atoms with Crippen LogP contribution >= 0.6 is 0 Å². The van der Waals surface area contributed by atoms with E-state index >= 15 is 0 Å². The highest BCUT2D eigenvalue weighted by atomic mass is 19.4. The average Bonchev–Trinajstić information content (AvgIpc) is 2.66. The van der Waals surface area contributed by atoms with E-state index in [9.17, 15) is 27.9 Å². The molecule has 2 atom stereocenters. The van der Waals surface area contributed by atoms with Crippen LogP contribution in [0.2, 0.25) is 0 Å². The molecule has 1 heterocycles. The van der Waals surface area contributed by atoms with Crippen LogP contribution in [0.4, 0.5) is 13.2 Å². The Morgan fingerprint density at radius 1 is 1.14 bits per heavy atom. The van der Waals surface area contributed by atoms with Crippen LogP contribution in [0.25, 0.3) is 0 Å². The van der Waals surface area contributed by atoms with Gasteiger partial charge in [0.25, 0.3) is 0 Å². The number of hydrogen-bond donors (Lipinski definition) is 1. The lowest BCUT2D eigenvalue weighted by molar-refractivity contribution is -0.142. The number of carboxylic acids is 1. The second-order valence-corrected chi connectivity index (χ2v) is 7.11. The van der Waals surface area contributed by atoms with E-state index in [0.29, 0.717) is 12.1 Å². The van der Waals surface area contributed by atoms with Crippen molar-refractivity contribution in [3.05, 3.63) is 70.8 Å². The molecular formula is C21H20F3NO3. The minimum atomic E-state index is -4.40. The summed E-state index contributed by atoms with van der Waals surface area (Å²) in [7, 11) is 0. The number of carboxylic acid groups (broad SMARTS) is 1. The third kappa shape index (κ3) is 4.18. The van der Waals surface area contributed by atoms with Gasteiger partial charge in [0.1, 0.15) is 0 Å². The predicted octanol–water partition coefficient (Wildman–Crippen LogP) is 4.09. The smallest absolute Gasteiger partial charge is 0.416 e. The van der Waals surface area contributed by atoms with Gasteiger partial charge in [-0.25, -0.2) is 0 Å². The van der Waals surface area contributed by atoms with Crippen LogP contribution in [0.3, 0.4) is 0 Å². The van der Waals surface area contributed by atoms with Crippen LogP contribution < -0.4 is 0 Å². The molecule has 2 aromatic carbocycles. The van der Waals surface area contributed by atoms with Crippen molar-refractivity contribution >= 4 is 11.9 Å². The highest BCUT2D eigenvalue weighted by Gasteiger charge is 2.34. The Kier molecular flexibility index (Phi) is 5.45. The van der Waals surface area contributed by atoms with Crippen molar-refractivity contribution in [2.75, 3.05) is 6.54 Å². The largest absolute Gasteiger partial charge is 0.481 e. The lowest BCUT2D eigenvalue weighted by Gasteiger charge is -2.34. The molecule has 2 aromatic rings. The summed E-state index contributed by atoms with van der Waals surface area (Å²) >= 11 is 0. The van der Waals surface area contributed by atoms with Gasteiger partial charge in [-0.15, -0.1) is 0 Å². The number of carbonyl (C=O) groups is 2. The van der Waals surface area contributed by atoms with Crippen molar-refractivity contribution in [3.63, 3.8) is 0 Å². The molecule has 1 aliphatic heterocycles. The number of nitrogens with zero attached hydrogens (tertiary/aromatic N) is 1. The molecule has 0 spiro atoms. The first kappa shape index (κ1) is 19.9. The molecule has 1 N–H and O–H groups in total. The third-order valence-electron chi connectivity index (χ3n) is 5.05. The van der Waals surface area contributed by atoms with Crippen LogP contribution in [-0.4, -0.2) is 28.4 Å². The minimum Gasteiger partial charge on any atom is -0.481 e. The van der Waals surface area contributed by atoms with Gasteiger partial charge in [0.15, 0.2) is 0 Å². The van der Waals surface area contributed by atoms with Gasteiger partial charge >= 0.3 is 12.1 Å². The van der Waals surface area contributed by atoms with Crippen molar-refractivity contribution in [2.45, 2.75) is 32.0 Å². The predicted molar refractivity (Wildman–Crippen MR) is 96.5 cm³/mol. The van der Waals surface area contributed by atoms with Gasteiger partial charge in [-0.05, 0) is 35.2 Å². The van der Waals surface area contributed by atoms with E-state index in [1.807, 2.05) is 6.07 Å². The van der Waals surface area contributed by atoms with Gasteiger partial charge in [-0.3, -0.25) is 9.59 Å². The third-order valence-corrected chi connectivity index (χ3v) is 5.05. The number of rotatable bonds is 4. The zero-order valence-electron chi connectivity index (χ0n) is 15.2. The van der Waals surface area contributed by atoms with Crippen LogP contribution in [0.1, 0.15) is 35.1 Å². The van der Waals surface area contributed by atoms with E-state index in [1.54, 1.807) is 25.1 Å². The van der Waals surface area contributed by atoms with E-state index in [0.717, 1.165) is 23.3 Å². The number of hydrogen-bond acceptors (Lipinski definition) is 2. The van der Waals surface area contributed by atoms with Crippen molar-refractivity contribution in [3.8, 4) is 0 Å². The first-order valence-corrected chi connectivity index (χ1v) is 8.92. The number of aliphatic carboxylic acids is 1. The standard InChI is InChI=1S/C21H20F3NO3/c1-13(10-14-6-8-16(9-7-14)21(22,23)24)19(26)25-11-15-4-2-3-5-17(15)18(12-25)20(27)28/h2-9,13,18H,10-12H2,1H3,(H,27,28). The number of fused-ring (bicyclic) bond motifs is 1. The highest BCUT2D eigenvalue weighted by Crippen LogP contribution is 2.31. The number of carbonyl (C=O) groups excluding carboxylic acids is 1. The van der Waals surface area contributed by atoms with Crippen molar-refractivity contribution in [1.29, 1.82) is 0 Å². The van der Waals surface area contributed by atoms with Gasteiger partial charge in [-0.2, -0.15) is 13.2 Å². The zero-order valence-corrected chi connectivity index (χ0v) is 15.2. The van der Waals surface area contributed by atoms with Gasteiger partial charge in [0.2, 0.25) is 5.91 Å². The lowest BCUT2D eigenvalue weighted by atomic mass is 9.88. The number of halogens is 3. The maximum absolute atomic E-state index is 12.9. The number of benzene rings is 2. The molecule has 1 amide bonds. The molecule has 28 heavy (non-hydrogen) atoms. The second-order valence-electron chi connectivity index (χ2n) is 7.11. The summed E-state index contributed by atoms with van der Waals surface area (Å²) in [6, 6.07) is 11.9. The van der Waals surface area contributed by atoms with Crippen molar-refractivity contribution in [2.24, 2.45) is 5.92 Å². The van der Waals surface area contributed by atoms with Crippen LogP contribution in [0, 0.1) is 5.92 Å². The fraction of sp³-hybridized carbons (Fsp3) is 0.333. The first-order chi connectivity index (χ1) is 13.2. The molecule has 0 aliphatic carbocycles. The summed E-state index contributed by atoms with van der Waals surface area (Å²) in [5, 5.41) is 9.52. The molecule has 0 radical (unpaired) electrons. The SMILES string of the molecule is CC(Cc1ccc(C(F)(F)F)cc1)C(=O)N1Cc2ccccc2C(C(=O)O)C1. The fourth-order valence-electron chi connectivity index (χ4n) is 3.57. The monoisotopic (exact) mass is 391 g/mol. The molecule has 1 aliphatic rings. The Morgan fingerprint density at radius 3 is 2.39 bits per heavy atom. The molecule has 7 heteroatoms. The van der Waals surface area contributed by atoms with E-state index in [2.05, 4.69) is 0 Å². The maximum Gasteiger partial charge on any atom is 0.416 e. The molecule has 2 unspecified atom stereocenters. The molecule has 0 bridgehead atoms.